The molecule has 2 rings (SSSR count). The van der Waals surface area contributed by atoms with E-state index in [1.54, 1.807) is 6.92 Å². The van der Waals surface area contributed by atoms with E-state index >= 15 is 0 Å². The minimum absolute atomic E-state index is 0.0922. The van der Waals surface area contributed by atoms with Gasteiger partial charge in [0.25, 0.3) is 0 Å². The predicted octanol–water partition coefficient (Wildman–Crippen LogP) is -0.189. The summed E-state index contributed by atoms with van der Waals surface area (Å²) >= 11 is 0. The Balaban J connectivity index is 2.24. The maximum absolute atomic E-state index is 12.7. The highest BCUT2D eigenvalue weighted by Crippen LogP contribution is 2.26. The van der Waals surface area contributed by atoms with E-state index in [9.17, 15) is 16.8 Å². The smallest absolute Gasteiger partial charge is 0.246 e. The quantitative estimate of drug-likeness (QED) is 0.774. The summed E-state index contributed by atoms with van der Waals surface area (Å²) in [6, 6.07) is -0.368. The normalized spacial score (nSPS) is 21.5. The topological polar surface area (TPSA) is 112 Å². The first-order chi connectivity index (χ1) is 9.72. The molecule has 1 aromatic rings. The second kappa shape index (κ2) is 6.03. The zero-order valence-corrected chi connectivity index (χ0v) is 13.7. The lowest BCUT2D eigenvalue weighted by Gasteiger charge is -2.34. The lowest BCUT2D eigenvalue weighted by molar-refractivity contribution is 0.253. The van der Waals surface area contributed by atoms with Crippen LogP contribution in [0.1, 0.15) is 25.0 Å². The Labute approximate surface area is 125 Å². The molecule has 1 aliphatic rings. The van der Waals surface area contributed by atoms with Crippen molar-refractivity contribution in [3.8, 4) is 0 Å². The Morgan fingerprint density at radius 2 is 2.10 bits per heavy atom. The molecular formula is C11H20N4O4S2. The second-order valence-electron chi connectivity index (χ2n) is 5.25. The number of nitrogens with zero attached hydrogens (tertiary/aromatic N) is 2. The van der Waals surface area contributed by atoms with Crippen molar-refractivity contribution in [1.29, 1.82) is 0 Å². The second-order valence-corrected chi connectivity index (χ2v) is 8.94. The molecule has 0 aromatic carbocycles. The van der Waals surface area contributed by atoms with Crippen molar-refractivity contribution >= 4 is 20.0 Å². The van der Waals surface area contributed by atoms with E-state index in [-0.39, 0.29) is 17.5 Å². The van der Waals surface area contributed by atoms with Crippen LogP contribution >= 0.6 is 0 Å². The Morgan fingerprint density at radius 1 is 1.38 bits per heavy atom. The molecule has 1 fully saturated rings. The number of H-pyrrole nitrogens is 1. The van der Waals surface area contributed by atoms with E-state index in [4.69, 9.17) is 0 Å². The van der Waals surface area contributed by atoms with Crippen LogP contribution in [0.4, 0.5) is 0 Å². The summed E-state index contributed by atoms with van der Waals surface area (Å²) in [5, 5.41) is 6.37. The fourth-order valence-corrected chi connectivity index (χ4v) is 4.78. The van der Waals surface area contributed by atoms with Crippen molar-refractivity contribution in [1.82, 2.24) is 19.2 Å². The summed E-state index contributed by atoms with van der Waals surface area (Å²) in [7, 11) is -7.01. The van der Waals surface area contributed by atoms with Gasteiger partial charge in [-0.1, -0.05) is 6.42 Å². The van der Waals surface area contributed by atoms with Crippen LogP contribution in [0.15, 0.2) is 11.1 Å². The van der Waals surface area contributed by atoms with Crippen LogP contribution in [-0.4, -0.2) is 56.7 Å². The molecule has 0 radical (unpaired) electrons. The molecular weight excluding hydrogens is 316 g/mol. The number of sulfonamides is 2. The summed E-state index contributed by atoms with van der Waals surface area (Å²) in [5.74, 6) is 0. The Bertz CT molecular complexity index is 696. The average Bonchev–Trinajstić information content (AvgIpc) is 2.83. The van der Waals surface area contributed by atoms with E-state index < -0.39 is 20.0 Å². The average molecular weight is 336 g/mol. The van der Waals surface area contributed by atoms with Crippen LogP contribution in [0.3, 0.4) is 0 Å². The standard InChI is InChI=1S/C11H20N4O4S2/c1-9-11(8-12-14-9)21(18,19)15-6-4-3-5-10(15)7-13-20(2,16)17/h8,10,13H,3-7H2,1-2H3,(H,12,14). The fraction of sp³-hybridized carbons (Fsp3) is 0.727. The number of aryl methyl sites for hydroxylation is 1. The molecule has 1 aromatic heterocycles. The SMILES string of the molecule is Cc1[nH]ncc1S(=O)(=O)N1CCCCC1CNS(C)(=O)=O. The highest BCUT2D eigenvalue weighted by molar-refractivity contribution is 7.89. The number of rotatable bonds is 5. The fourth-order valence-electron chi connectivity index (χ4n) is 2.47. The minimum atomic E-state index is -3.66. The molecule has 2 heterocycles. The van der Waals surface area contributed by atoms with Crippen molar-refractivity contribution in [3.63, 3.8) is 0 Å². The van der Waals surface area contributed by atoms with E-state index in [1.165, 1.54) is 10.5 Å². The van der Waals surface area contributed by atoms with Gasteiger partial charge >= 0.3 is 0 Å². The molecule has 2 N–H and O–H groups in total. The molecule has 8 nitrogen and oxygen atoms in total. The minimum Gasteiger partial charge on any atom is -0.281 e. The van der Waals surface area contributed by atoms with Crippen LogP contribution in [0.25, 0.3) is 0 Å². The van der Waals surface area contributed by atoms with E-state index in [2.05, 4.69) is 14.9 Å². The van der Waals surface area contributed by atoms with Gasteiger partial charge in [0.15, 0.2) is 0 Å². The van der Waals surface area contributed by atoms with Crippen LogP contribution < -0.4 is 4.72 Å². The van der Waals surface area contributed by atoms with Gasteiger partial charge in [0.05, 0.1) is 18.1 Å². The summed E-state index contributed by atoms with van der Waals surface area (Å²) in [4.78, 5) is 0.147. The molecule has 0 amide bonds. The van der Waals surface area contributed by atoms with E-state index in [0.717, 1.165) is 19.1 Å². The summed E-state index contributed by atoms with van der Waals surface area (Å²) in [5.41, 5.74) is 0.482. The van der Waals surface area contributed by atoms with Crippen molar-refractivity contribution in [2.24, 2.45) is 0 Å². The Hall–Kier alpha value is -0.970. The van der Waals surface area contributed by atoms with Crippen LogP contribution in [0.5, 0.6) is 0 Å². The molecule has 0 bridgehead atoms. The number of aromatic nitrogens is 2. The molecule has 0 aliphatic carbocycles. The van der Waals surface area contributed by atoms with E-state index in [1.807, 2.05) is 0 Å². The van der Waals surface area contributed by atoms with Gasteiger partial charge in [-0.25, -0.2) is 21.6 Å². The van der Waals surface area contributed by atoms with Crippen molar-refractivity contribution in [2.75, 3.05) is 19.3 Å². The highest BCUT2D eigenvalue weighted by atomic mass is 32.2. The summed E-state index contributed by atoms with van der Waals surface area (Å²) < 4.78 is 51.6. The van der Waals surface area contributed by atoms with Gasteiger partial charge in [0.1, 0.15) is 4.90 Å². The summed E-state index contributed by atoms with van der Waals surface area (Å²) in [6.07, 6.45) is 4.64. The largest absolute Gasteiger partial charge is 0.281 e. The molecule has 1 saturated heterocycles. The van der Waals surface area contributed by atoms with Crippen molar-refractivity contribution in [2.45, 2.75) is 37.1 Å². The first-order valence-corrected chi connectivity index (χ1v) is 10.0. The molecule has 0 spiro atoms. The molecule has 10 heteroatoms. The van der Waals surface area contributed by atoms with Gasteiger partial charge in [-0.15, -0.1) is 0 Å². The highest BCUT2D eigenvalue weighted by Gasteiger charge is 2.35. The van der Waals surface area contributed by atoms with Gasteiger partial charge in [-0.05, 0) is 19.8 Å². The molecule has 1 atom stereocenters. The van der Waals surface area contributed by atoms with E-state index in [0.29, 0.717) is 18.7 Å². The third-order valence-electron chi connectivity index (χ3n) is 3.52. The lowest BCUT2D eigenvalue weighted by atomic mass is 10.1. The molecule has 1 unspecified atom stereocenters. The first kappa shape index (κ1) is 16.4. The Kier molecular flexibility index (Phi) is 4.71. The predicted molar refractivity (Wildman–Crippen MR) is 77.7 cm³/mol. The number of hydrogen-bond acceptors (Lipinski definition) is 5. The third kappa shape index (κ3) is 3.82. The number of hydrogen-bond donors (Lipinski definition) is 2. The van der Waals surface area contributed by atoms with Gasteiger partial charge < -0.3 is 0 Å². The van der Waals surface area contributed by atoms with Gasteiger partial charge in [0, 0.05) is 19.1 Å². The lowest BCUT2D eigenvalue weighted by Crippen LogP contribution is -2.49. The monoisotopic (exact) mass is 336 g/mol. The molecule has 1 aliphatic heterocycles. The van der Waals surface area contributed by atoms with Crippen molar-refractivity contribution < 1.29 is 16.8 Å². The number of nitrogens with one attached hydrogen (secondary N) is 2. The van der Waals surface area contributed by atoms with Crippen LogP contribution in [0.2, 0.25) is 0 Å². The first-order valence-electron chi connectivity index (χ1n) is 6.68. The number of piperidine rings is 1. The third-order valence-corrected chi connectivity index (χ3v) is 6.28. The Morgan fingerprint density at radius 3 is 2.67 bits per heavy atom. The van der Waals surface area contributed by atoms with Gasteiger partial charge in [-0.2, -0.15) is 9.40 Å². The van der Waals surface area contributed by atoms with Gasteiger partial charge in [0.2, 0.25) is 20.0 Å². The van der Waals surface area contributed by atoms with Crippen LogP contribution in [0, 0.1) is 6.92 Å². The molecule has 0 saturated carbocycles. The summed E-state index contributed by atoms with van der Waals surface area (Å²) in [6.45, 7) is 2.13. The van der Waals surface area contributed by atoms with Gasteiger partial charge in [-0.3, -0.25) is 5.10 Å². The number of aromatic amines is 1. The molecule has 21 heavy (non-hydrogen) atoms. The zero-order valence-electron chi connectivity index (χ0n) is 12.0. The molecule has 120 valence electrons. The zero-order chi connectivity index (χ0) is 15.7. The van der Waals surface area contributed by atoms with Crippen LogP contribution in [-0.2, 0) is 20.0 Å². The van der Waals surface area contributed by atoms with Crippen molar-refractivity contribution in [3.05, 3.63) is 11.9 Å². The maximum Gasteiger partial charge on any atom is 0.246 e. The maximum atomic E-state index is 12.7.